The lowest BCUT2D eigenvalue weighted by molar-refractivity contribution is -0.00767. The van der Waals surface area contributed by atoms with Crippen LogP contribution in [-0.2, 0) is 21.7 Å². The Hall–Kier alpha value is -2.12. The summed E-state index contributed by atoms with van der Waals surface area (Å²) < 4.78 is 7.10. The van der Waals surface area contributed by atoms with Crippen molar-refractivity contribution in [3.05, 3.63) is 47.0 Å². The maximum absolute atomic E-state index is 11.3. The predicted molar refractivity (Wildman–Crippen MR) is 86.5 cm³/mol. The number of oxime groups is 1. The molecule has 1 unspecified atom stereocenters. The van der Waals surface area contributed by atoms with Gasteiger partial charge in [-0.25, -0.2) is 9.67 Å². The summed E-state index contributed by atoms with van der Waals surface area (Å²) in [6.07, 6.45) is 4.98. The summed E-state index contributed by atoms with van der Waals surface area (Å²) in [5.41, 5.74) is 0.334. The van der Waals surface area contributed by atoms with Gasteiger partial charge in [0.2, 0.25) is 0 Å². The molecule has 1 N–H and O–H groups in total. The topological polar surface area (TPSA) is 81.8 Å². The molecule has 1 aromatic heterocycles. The Labute approximate surface area is 143 Å². The van der Waals surface area contributed by atoms with Gasteiger partial charge in [0.1, 0.15) is 24.9 Å². The van der Waals surface area contributed by atoms with Gasteiger partial charge in [0.15, 0.2) is 6.61 Å². The first kappa shape index (κ1) is 15.4. The van der Waals surface area contributed by atoms with Crippen molar-refractivity contribution < 1.29 is 14.7 Å². The molecule has 2 aromatic rings. The van der Waals surface area contributed by atoms with Crippen LogP contribution in [0.5, 0.6) is 0 Å². The molecule has 24 heavy (non-hydrogen) atoms. The quantitative estimate of drug-likeness (QED) is 0.893. The second-order valence-corrected chi connectivity index (χ2v) is 6.47. The minimum absolute atomic E-state index is 0.164. The molecule has 1 aliphatic heterocycles. The first-order valence-electron chi connectivity index (χ1n) is 7.85. The largest absolute Gasteiger partial charge is 0.471 e. The molecule has 1 aliphatic carbocycles. The van der Waals surface area contributed by atoms with E-state index in [0.29, 0.717) is 36.2 Å². The van der Waals surface area contributed by atoms with E-state index in [1.807, 2.05) is 12.1 Å². The van der Waals surface area contributed by atoms with Crippen LogP contribution in [0.25, 0.3) is 0 Å². The number of hydrogen-bond donors (Lipinski definition) is 1. The van der Waals surface area contributed by atoms with E-state index < -0.39 is 5.60 Å². The minimum Gasteiger partial charge on any atom is -0.471 e. The van der Waals surface area contributed by atoms with Gasteiger partial charge in [-0.1, -0.05) is 17.7 Å². The molecule has 2 aliphatic rings. The summed E-state index contributed by atoms with van der Waals surface area (Å²) in [4.78, 5) is 8.98. The highest BCUT2D eigenvalue weighted by molar-refractivity contribution is 6.31. The van der Waals surface area contributed by atoms with Gasteiger partial charge in [-0.05, 0) is 36.0 Å². The van der Waals surface area contributed by atoms with Crippen molar-refractivity contribution in [3.63, 3.8) is 0 Å². The van der Waals surface area contributed by atoms with Gasteiger partial charge in [0.05, 0.1) is 6.54 Å². The van der Waals surface area contributed by atoms with Crippen molar-refractivity contribution in [3.8, 4) is 0 Å². The highest BCUT2D eigenvalue weighted by Gasteiger charge is 2.46. The van der Waals surface area contributed by atoms with Gasteiger partial charge in [-0.3, -0.25) is 0 Å². The third-order valence-electron chi connectivity index (χ3n) is 4.37. The minimum atomic E-state index is -1.07. The molecule has 8 heteroatoms. The molecule has 1 atom stereocenters. The molecular formula is C16H17ClN4O3. The van der Waals surface area contributed by atoms with Crippen molar-refractivity contribution in [2.45, 2.75) is 25.0 Å². The Bertz CT molecular complexity index is 761. The van der Waals surface area contributed by atoms with Crippen molar-refractivity contribution in [2.24, 2.45) is 11.1 Å². The fraction of sp³-hybridized carbons (Fsp3) is 0.438. The molecule has 1 saturated carbocycles. The molecule has 4 rings (SSSR count). The van der Waals surface area contributed by atoms with Crippen LogP contribution in [0.3, 0.4) is 0 Å². The summed E-state index contributed by atoms with van der Waals surface area (Å²) >= 11 is 6.49. The Balaban J connectivity index is 1.67. The van der Waals surface area contributed by atoms with Crippen LogP contribution in [0.2, 0.25) is 5.02 Å². The van der Waals surface area contributed by atoms with Gasteiger partial charge >= 0.3 is 0 Å². The number of nitrogens with zero attached hydrogens (tertiary/aromatic N) is 4. The zero-order valence-electron chi connectivity index (χ0n) is 12.9. The number of halogens is 1. The van der Waals surface area contributed by atoms with Crippen LogP contribution in [0, 0.1) is 5.92 Å². The maximum Gasteiger partial charge on any atom is 0.257 e. The second kappa shape index (κ2) is 6.07. The lowest BCUT2D eigenvalue weighted by Crippen LogP contribution is -2.34. The molecule has 1 aromatic carbocycles. The normalized spacial score (nSPS) is 19.8. The average molecular weight is 349 g/mol. The average Bonchev–Trinajstić information content (AvgIpc) is 3.35. The fourth-order valence-corrected chi connectivity index (χ4v) is 3.34. The molecular weight excluding hydrogens is 332 g/mol. The van der Waals surface area contributed by atoms with Crippen molar-refractivity contribution in [2.75, 3.05) is 13.2 Å². The fourth-order valence-electron chi connectivity index (χ4n) is 3.00. The Morgan fingerprint density at radius 2 is 2.21 bits per heavy atom. The van der Waals surface area contributed by atoms with Gasteiger partial charge in [-0.15, -0.1) is 0 Å². The van der Waals surface area contributed by atoms with Crippen LogP contribution in [-0.4, -0.2) is 39.0 Å². The van der Waals surface area contributed by atoms with Gasteiger partial charge in [-0.2, -0.15) is 5.10 Å². The van der Waals surface area contributed by atoms with Crippen LogP contribution < -0.4 is 0 Å². The molecule has 0 bridgehead atoms. The van der Waals surface area contributed by atoms with Crippen LogP contribution >= 0.6 is 11.6 Å². The summed E-state index contributed by atoms with van der Waals surface area (Å²) in [6, 6.07) is 5.41. The van der Waals surface area contributed by atoms with Crippen LogP contribution in [0.15, 0.2) is 36.0 Å². The van der Waals surface area contributed by atoms with Gasteiger partial charge < -0.3 is 14.7 Å². The highest BCUT2D eigenvalue weighted by Crippen LogP contribution is 2.48. The van der Waals surface area contributed by atoms with E-state index in [1.54, 1.807) is 17.1 Å². The Morgan fingerprint density at radius 3 is 2.83 bits per heavy atom. The lowest BCUT2D eigenvalue weighted by atomic mass is 9.88. The zero-order chi connectivity index (χ0) is 16.6. The van der Waals surface area contributed by atoms with E-state index in [2.05, 4.69) is 15.2 Å². The molecule has 0 saturated heterocycles. The number of ether oxygens (including phenoxy) is 1. The number of aromatic nitrogens is 3. The smallest absolute Gasteiger partial charge is 0.257 e. The van der Waals surface area contributed by atoms with E-state index in [1.165, 1.54) is 6.33 Å². The van der Waals surface area contributed by atoms with E-state index in [9.17, 15) is 5.11 Å². The molecule has 126 valence electrons. The van der Waals surface area contributed by atoms with Gasteiger partial charge in [0.25, 0.3) is 5.90 Å². The standard InChI is InChI=1S/C16H17ClN4O3/c17-14-7-11(15-20-24-6-5-23-15)1-4-13(14)16(22,12-2-3-12)8-21-10-18-9-19-21/h1,4,7,9-10,12,22H,2-3,5-6,8H2. The summed E-state index contributed by atoms with van der Waals surface area (Å²) in [5.74, 6) is 0.567. The number of aliphatic hydroxyl groups is 1. The SMILES string of the molecule is OC(Cn1cncn1)(c1ccc(C2=NOCCO2)cc1Cl)C1CC1. The Kier molecular flexibility index (Phi) is 3.90. The highest BCUT2D eigenvalue weighted by atomic mass is 35.5. The van der Waals surface area contributed by atoms with Gasteiger partial charge in [0, 0.05) is 16.1 Å². The van der Waals surface area contributed by atoms with Crippen LogP contribution in [0.1, 0.15) is 24.0 Å². The third-order valence-corrected chi connectivity index (χ3v) is 4.68. The lowest BCUT2D eigenvalue weighted by Gasteiger charge is -2.29. The monoisotopic (exact) mass is 348 g/mol. The molecule has 0 radical (unpaired) electrons. The van der Waals surface area contributed by atoms with E-state index in [0.717, 1.165) is 18.4 Å². The first-order chi connectivity index (χ1) is 11.7. The van der Waals surface area contributed by atoms with Crippen molar-refractivity contribution in [1.82, 2.24) is 14.8 Å². The molecule has 0 amide bonds. The first-order valence-corrected chi connectivity index (χ1v) is 8.22. The second-order valence-electron chi connectivity index (χ2n) is 6.06. The number of hydrogen-bond acceptors (Lipinski definition) is 6. The van der Waals surface area contributed by atoms with Crippen molar-refractivity contribution >= 4 is 17.5 Å². The van der Waals surface area contributed by atoms with Crippen molar-refractivity contribution in [1.29, 1.82) is 0 Å². The third kappa shape index (κ3) is 2.85. The molecule has 1 fully saturated rings. The number of benzene rings is 1. The van der Waals surface area contributed by atoms with E-state index in [-0.39, 0.29) is 5.92 Å². The maximum atomic E-state index is 11.3. The molecule has 2 heterocycles. The Morgan fingerprint density at radius 1 is 1.33 bits per heavy atom. The summed E-state index contributed by atoms with van der Waals surface area (Å²) in [5, 5.41) is 19.8. The summed E-state index contributed by atoms with van der Waals surface area (Å²) in [7, 11) is 0. The van der Waals surface area contributed by atoms with E-state index >= 15 is 0 Å². The zero-order valence-corrected chi connectivity index (χ0v) is 13.7. The summed E-state index contributed by atoms with van der Waals surface area (Å²) in [6.45, 7) is 1.21. The van der Waals surface area contributed by atoms with Crippen LogP contribution in [0.4, 0.5) is 0 Å². The molecule has 0 spiro atoms. The molecule has 7 nitrogen and oxygen atoms in total. The van der Waals surface area contributed by atoms with E-state index in [4.69, 9.17) is 21.2 Å². The predicted octanol–water partition coefficient (Wildman–Crippen LogP) is 1.94. The number of rotatable bonds is 5.